The molecule has 26 heavy (non-hydrogen) atoms. The first-order valence-electron chi connectivity index (χ1n) is 9.00. The van der Waals surface area contributed by atoms with E-state index in [1.807, 2.05) is 0 Å². The van der Waals surface area contributed by atoms with E-state index in [1.54, 1.807) is 4.31 Å². The van der Waals surface area contributed by atoms with E-state index in [1.165, 1.54) is 19.4 Å². The summed E-state index contributed by atoms with van der Waals surface area (Å²) in [5.41, 5.74) is 0. The smallest absolute Gasteiger partial charge is 0.248 e. The van der Waals surface area contributed by atoms with Crippen molar-refractivity contribution in [2.45, 2.75) is 23.8 Å². The van der Waals surface area contributed by atoms with Crippen molar-refractivity contribution < 1.29 is 17.9 Å². The molecule has 2 atom stereocenters. The molecule has 0 radical (unpaired) electrons. The third-order valence-corrected chi connectivity index (χ3v) is 7.82. The van der Waals surface area contributed by atoms with Crippen LogP contribution in [0.3, 0.4) is 0 Å². The third-order valence-electron chi connectivity index (χ3n) is 5.78. The normalized spacial score (nSPS) is 28.4. The number of likely N-dealkylation sites (tertiary alicyclic amines) is 1. The molecule has 3 aliphatic heterocycles. The number of hydrogen-bond donors (Lipinski definition) is 0. The van der Waals surface area contributed by atoms with Gasteiger partial charge in [-0.25, -0.2) is 13.4 Å². The number of pyridine rings is 1. The lowest BCUT2D eigenvalue weighted by molar-refractivity contribution is 0.0393. The molecule has 144 valence electrons. The topological polar surface area (TPSA) is 72.0 Å². The Kier molecular flexibility index (Phi) is 5.13. The van der Waals surface area contributed by atoms with Gasteiger partial charge >= 0.3 is 0 Å². The second-order valence-corrected chi connectivity index (χ2v) is 9.64. The van der Waals surface area contributed by atoms with Crippen LogP contribution in [0, 0.1) is 11.8 Å². The first kappa shape index (κ1) is 18.4. The van der Waals surface area contributed by atoms with Gasteiger partial charge in [-0.05, 0) is 30.7 Å². The summed E-state index contributed by atoms with van der Waals surface area (Å²) in [4.78, 5) is 6.58. The van der Waals surface area contributed by atoms with Crippen LogP contribution in [0.25, 0.3) is 0 Å². The van der Waals surface area contributed by atoms with E-state index in [2.05, 4.69) is 9.88 Å². The van der Waals surface area contributed by atoms with Gasteiger partial charge in [-0.2, -0.15) is 4.31 Å². The number of hydrogen-bond acceptors (Lipinski definition) is 6. The van der Waals surface area contributed by atoms with Crippen molar-refractivity contribution in [3.8, 4) is 5.88 Å². The first-order chi connectivity index (χ1) is 12.5. The molecule has 9 heteroatoms. The molecule has 1 aromatic heterocycles. The van der Waals surface area contributed by atoms with Gasteiger partial charge in [0.15, 0.2) is 0 Å². The highest BCUT2D eigenvalue weighted by atomic mass is 35.5. The van der Waals surface area contributed by atoms with Crippen molar-refractivity contribution in [1.29, 1.82) is 0 Å². The number of halogens is 1. The summed E-state index contributed by atoms with van der Waals surface area (Å²) in [6, 6.07) is 2.00. The van der Waals surface area contributed by atoms with E-state index in [-0.39, 0.29) is 15.8 Å². The van der Waals surface area contributed by atoms with Gasteiger partial charge in [0.25, 0.3) is 0 Å². The monoisotopic (exact) mass is 401 g/mol. The molecule has 4 heterocycles. The van der Waals surface area contributed by atoms with Gasteiger partial charge in [0, 0.05) is 51.6 Å². The van der Waals surface area contributed by atoms with Crippen LogP contribution in [0.4, 0.5) is 0 Å². The summed E-state index contributed by atoms with van der Waals surface area (Å²) in [5.74, 6) is 0.854. The minimum Gasteiger partial charge on any atom is -0.480 e. The highest BCUT2D eigenvalue weighted by molar-refractivity contribution is 7.89. The summed E-state index contributed by atoms with van der Waals surface area (Å²) < 4.78 is 38.4. The number of ether oxygens (including phenoxy) is 2. The van der Waals surface area contributed by atoms with Crippen LogP contribution >= 0.6 is 11.6 Å². The van der Waals surface area contributed by atoms with Gasteiger partial charge in [-0.1, -0.05) is 11.6 Å². The quantitative estimate of drug-likeness (QED) is 0.760. The van der Waals surface area contributed by atoms with Gasteiger partial charge in [0.05, 0.1) is 12.1 Å². The maximum absolute atomic E-state index is 13.1. The van der Waals surface area contributed by atoms with Crippen molar-refractivity contribution in [3.63, 3.8) is 0 Å². The van der Waals surface area contributed by atoms with Crippen LogP contribution in [0.1, 0.15) is 12.8 Å². The summed E-state index contributed by atoms with van der Waals surface area (Å²) in [5, 5.41) is 0.287. The van der Waals surface area contributed by atoms with Crippen LogP contribution in [0.15, 0.2) is 17.2 Å². The summed E-state index contributed by atoms with van der Waals surface area (Å²) in [7, 11) is -2.25. The average molecular weight is 402 g/mol. The van der Waals surface area contributed by atoms with Gasteiger partial charge < -0.3 is 9.47 Å². The lowest BCUT2D eigenvalue weighted by Crippen LogP contribution is -2.40. The number of nitrogens with zero attached hydrogens (tertiary/aromatic N) is 3. The van der Waals surface area contributed by atoms with E-state index in [4.69, 9.17) is 21.1 Å². The number of rotatable bonds is 4. The average Bonchev–Trinajstić information content (AvgIpc) is 3.22. The fourth-order valence-electron chi connectivity index (χ4n) is 4.42. The van der Waals surface area contributed by atoms with Gasteiger partial charge in [-0.3, -0.25) is 4.90 Å². The van der Waals surface area contributed by atoms with Gasteiger partial charge in [0.1, 0.15) is 4.90 Å². The van der Waals surface area contributed by atoms with E-state index in [9.17, 15) is 8.42 Å². The van der Waals surface area contributed by atoms with Crippen LogP contribution in [-0.4, -0.2) is 75.2 Å². The molecular weight excluding hydrogens is 378 g/mol. The number of sulfonamides is 1. The third kappa shape index (κ3) is 3.33. The Labute approximate surface area is 159 Å². The molecule has 1 aromatic rings. The van der Waals surface area contributed by atoms with Crippen LogP contribution < -0.4 is 4.74 Å². The standard InChI is InChI=1S/C17H24ClN3O4S/c1-24-17-16(6-14(18)7-19-17)26(22,23)21-10-12-8-20(9-13(12)11-21)15-2-4-25-5-3-15/h6-7,12-13,15H,2-5,8-11H2,1H3/t12-,13+. The predicted octanol–water partition coefficient (Wildman–Crippen LogP) is 1.47. The second kappa shape index (κ2) is 7.24. The van der Waals surface area contributed by atoms with Crippen LogP contribution in [-0.2, 0) is 14.8 Å². The maximum atomic E-state index is 13.1. The summed E-state index contributed by atoms with van der Waals surface area (Å²) >= 11 is 5.97. The SMILES string of the molecule is COc1ncc(Cl)cc1S(=O)(=O)N1C[C@H]2CN(C3CCOCC3)C[C@H]2C1. The largest absolute Gasteiger partial charge is 0.480 e. The van der Waals surface area contributed by atoms with E-state index < -0.39 is 10.0 Å². The first-order valence-corrected chi connectivity index (χ1v) is 10.8. The van der Waals surface area contributed by atoms with Gasteiger partial charge in [-0.15, -0.1) is 0 Å². The van der Waals surface area contributed by atoms with Crippen molar-refractivity contribution in [2.75, 3.05) is 46.5 Å². The zero-order valence-corrected chi connectivity index (χ0v) is 16.4. The minimum absolute atomic E-state index is 0.0498. The summed E-state index contributed by atoms with van der Waals surface area (Å²) in [6.07, 6.45) is 3.55. The molecule has 0 saturated carbocycles. The second-order valence-electron chi connectivity index (χ2n) is 7.30. The molecule has 0 aromatic carbocycles. The predicted molar refractivity (Wildman–Crippen MR) is 97.0 cm³/mol. The highest BCUT2D eigenvalue weighted by Gasteiger charge is 2.46. The fraction of sp³-hybridized carbons (Fsp3) is 0.706. The van der Waals surface area contributed by atoms with Crippen molar-refractivity contribution >= 4 is 21.6 Å². The molecule has 3 fully saturated rings. The van der Waals surface area contributed by atoms with Crippen molar-refractivity contribution in [1.82, 2.24) is 14.2 Å². The van der Waals surface area contributed by atoms with Crippen molar-refractivity contribution in [3.05, 3.63) is 17.3 Å². The Morgan fingerprint density at radius 3 is 2.46 bits per heavy atom. The minimum atomic E-state index is -3.67. The molecule has 4 rings (SSSR count). The Bertz CT molecular complexity index is 755. The molecule has 3 saturated heterocycles. The van der Waals surface area contributed by atoms with Gasteiger partial charge in [0.2, 0.25) is 15.9 Å². The van der Waals surface area contributed by atoms with Crippen LogP contribution in [0.5, 0.6) is 5.88 Å². The Hall–Kier alpha value is -0.930. The molecule has 3 aliphatic rings. The number of aromatic nitrogens is 1. The molecule has 0 bridgehead atoms. The molecular formula is C17H24ClN3O4S. The zero-order valence-electron chi connectivity index (χ0n) is 14.8. The Morgan fingerprint density at radius 1 is 1.19 bits per heavy atom. The summed E-state index contributed by atoms with van der Waals surface area (Å²) in [6.45, 7) is 4.68. The van der Waals surface area contributed by atoms with E-state index >= 15 is 0 Å². The van der Waals surface area contributed by atoms with Crippen molar-refractivity contribution in [2.24, 2.45) is 11.8 Å². The number of methoxy groups -OCH3 is 1. The molecule has 7 nitrogen and oxygen atoms in total. The number of fused-ring (bicyclic) bond motifs is 1. The van der Waals surface area contributed by atoms with E-state index in [0.717, 1.165) is 39.1 Å². The van der Waals surface area contributed by atoms with E-state index in [0.29, 0.717) is 31.0 Å². The van der Waals surface area contributed by atoms with Crippen LogP contribution in [0.2, 0.25) is 5.02 Å². The molecule has 0 unspecified atom stereocenters. The maximum Gasteiger partial charge on any atom is 0.248 e. The lowest BCUT2D eigenvalue weighted by Gasteiger charge is -2.32. The lowest BCUT2D eigenvalue weighted by atomic mass is 10.0. The molecule has 0 amide bonds. The molecule has 0 N–H and O–H groups in total. The molecule has 0 aliphatic carbocycles. The zero-order chi connectivity index (χ0) is 18.3. The molecule has 0 spiro atoms. The Balaban J connectivity index is 1.48. The Morgan fingerprint density at radius 2 is 1.85 bits per heavy atom. The fourth-order valence-corrected chi connectivity index (χ4v) is 6.33. The highest BCUT2D eigenvalue weighted by Crippen LogP contribution is 2.37.